The Labute approximate surface area is 135 Å². The normalized spacial score (nSPS) is 11.7. The van der Waals surface area contributed by atoms with Crippen molar-refractivity contribution in [1.82, 2.24) is 15.1 Å². The number of nitrogens with zero attached hydrogens (tertiary/aromatic N) is 2. The van der Waals surface area contributed by atoms with Crippen LogP contribution in [0.1, 0.15) is 12.0 Å². The summed E-state index contributed by atoms with van der Waals surface area (Å²) in [5.41, 5.74) is 1.75. The van der Waals surface area contributed by atoms with Crippen LogP contribution in [0.15, 0.2) is 48.8 Å². The van der Waals surface area contributed by atoms with Crippen LogP contribution in [-0.4, -0.2) is 42.7 Å². The highest BCUT2D eigenvalue weighted by Gasteiger charge is 2.02. The molecule has 0 radical (unpaired) electrons. The Bertz CT molecular complexity index is 780. The fourth-order valence-electron chi connectivity index (χ4n) is 1.92. The zero-order chi connectivity index (χ0) is 16.7. The molecule has 1 aromatic heterocycles. The minimum atomic E-state index is -2.98. The van der Waals surface area contributed by atoms with Gasteiger partial charge >= 0.3 is 0 Å². The number of sulfone groups is 1. The second kappa shape index (κ2) is 7.73. The molecule has 0 aliphatic heterocycles. The van der Waals surface area contributed by atoms with Gasteiger partial charge in [0.2, 0.25) is 5.91 Å². The molecule has 1 aromatic carbocycles. The Morgan fingerprint density at radius 3 is 2.74 bits per heavy atom. The molecule has 0 aliphatic carbocycles. The molecule has 2 aromatic rings. The van der Waals surface area contributed by atoms with Gasteiger partial charge in [-0.3, -0.25) is 4.79 Å². The van der Waals surface area contributed by atoms with Gasteiger partial charge in [-0.1, -0.05) is 18.2 Å². The second-order valence-corrected chi connectivity index (χ2v) is 7.42. The number of benzene rings is 1. The van der Waals surface area contributed by atoms with Crippen molar-refractivity contribution >= 4 is 21.8 Å². The third-order valence-corrected chi connectivity index (χ3v) is 4.07. The fraction of sp³-hybridized carbons (Fsp3) is 0.250. The Hall–Kier alpha value is -2.41. The summed E-state index contributed by atoms with van der Waals surface area (Å²) in [5.74, 6) is -0.188. The number of hydrogen-bond acceptors (Lipinski definition) is 4. The molecule has 23 heavy (non-hydrogen) atoms. The molecule has 0 saturated carbocycles. The molecule has 0 saturated heterocycles. The molecule has 1 amide bonds. The minimum absolute atomic E-state index is 0.0703. The molecule has 0 atom stereocenters. The molecule has 0 bridgehead atoms. The fourth-order valence-corrected chi connectivity index (χ4v) is 2.59. The van der Waals surface area contributed by atoms with E-state index in [1.807, 2.05) is 36.5 Å². The van der Waals surface area contributed by atoms with Gasteiger partial charge in [0.15, 0.2) is 0 Å². The van der Waals surface area contributed by atoms with Gasteiger partial charge < -0.3 is 5.32 Å². The van der Waals surface area contributed by atoms with Crippen molar-refractivity contribution in [2.24, 2.45) is 0 Å². The predicted octanol–water partition coefficient (Wildman–Crippen LogP) is 1.44. The quantitative estimate of drug-likeness (QED) is 0.614. The number of carbonyl (C=O) groups excluding carboxylic acids is 1. The summed E-state index contributed by atoms with van der Waals surface area (Å²) in [6.45, 7) is 0.333. The van der Waals surface area contributed by atoms with Gasteiger partial charge in [-0.15, -0.1) is 0 Å². The van der Waals surface area contributed by atoms with E-state index < -0.39 is 9.84 Å². The number of carbonyl (C=O) groups is 1. The standard InChI is InChI=1S/C16H19N3O3S/c1-23(21,22)11-5-10-17-16(20)9-8-14-12-18-19(13-14)15-6-3-2-4-7-15/h2-4,6-9,12-13H,5,10-11H2,1H3,(H,17,20)/b9-8+. The first-order valence-electron chi connectivity index (χ1n) is 7.18. The third kappa shape index (κ3) is 6.07. The summed E-state index contributed by atoms with van der Waals surface area (Å²) in [5, 5.41) is 6.88. The van der Waals surface area contributed by atoms with Crippen molar-refractivity contribution in [2.45, 2.75) is 6.42 Å². The highest BCUT2D eigenvalue weighted by atomic mass is 32.2. The monoisotopic (exact) mass is 333 g/mol. The van der Waals surface area contributed by atoms with Crippen LogP contribution in [0.25, 0.3) is 11.8 Å². The predicted molar refractivity (Wildman–Crippen MR) is 89.9 cm³/mol. The van der Waals surface area contributed by atoms with Crippen LogP contribution in [0.3, 0.4) is 0 Å². The SMILES string of the molecule is CS(=O)(=O)CCCNC(=O)/C=C/c1cnn(-c2ccccc2)c1. The average Bonchev–Trinajstić information content (AvgIpc) is 2.98. The largest absolute Gasteiger partial charge is 0.353 e. The molecular weight excluding hydrogens is 314 g/mol. The Morgan fingerprint density at radius 1 is 1.30 bits per heavy atom. The summed E-state index contributed by atoms with van der Waals surface area (Å²) in [4.78, 5) is 11.6. The van der Waals surface area contributed by atoms with Gasteiger partial charge in [0.1, 0.15) is 9.84 Å². The molecular formula is C16H19N3O3S. The number of hydrogen-bond donors (Lipinski definition) is 1. The van der Waals surface area contributed by atoms with E-state index in [0.717, 1.165) is 11.3 Å². The molecule has 7 heteroatoms. The van der Waals surface area contributed by atoms with Gasteiger partial charge in [-0.05, 0) is 24.6 Å². The van der Waals surface area contributed by atoms with Gasteiger partial charge in [0, 0.05) is 30.6 Å². The first kappa shape index (κ1) is 17.0. The maximum Gasteiger partial charge on any atom is 0.244 e. The van der Waals surface area contributed by atoms with E-state index in [4.69, 9.17) is 0 Å². The summed E-state index contributed by atoms with van der Waals surface area (Å²) < 4.78 is 23.7. The topological polar surface area (TPSA) is 81.1 Å². The maximum atomic E-state index is 11.6. The smallest absolute Gasteiger partial charge is 0.244 e. The van der Waals surface area contributed by atoms with E-state index >= 15 is 0 Å². The molecule has 0 fully saturated rings. The zero-order valence-corrected chi connectivity index (χ0v) is 13.7. The van der Waals surface area contributed by atoms with Crippen LogP contribution < -0.4 is 5.32 Å². The Morgan fingerprint density at radius 2 is 2.04 bits per heavy atom. The van der Waals surface area contributed by atoms with Crippen molar-refractivity contribution in [3.8, 4) is 5.69 Å². The van der Waals surface area contributed by atoms with Gasteiger partial charge in [0.05, 0.1) is 17.6 Å². The maximum absolute atomic E-state index is 11.6. The van der Waals surface area contributed by atoms with Crippen molar-refractivity contribution in [2.75, 3.05) is 18.6 Å². The number of amides is 1. The second-order valence-electron chi connectivity index (χ2n) is 5.16. The van der Waals surface area contributed by atoms with E-state index in [1.165, 1.54) is 12.3 Å². The van der Waals surface area contributed by atoms with Gasteiger partial charge in [-0.25, -0.2) is 13.1 Å². The highest BCUT2D eigenvalue weighted by Crippen LogP contribution is 2.08. The molecule has 122 valence electrons. The van der Waals surface area contributed by atoms with Crippen LogP contribution in [0.2, 0.25) is 0 Å². The van der Waals surface area contributed by atoms with E-state index in [-0.39, 0.29) is 11.7 Å². The lowest BCUT2D eigenvalue weighted by Gasteiger charge is -2.00. The number of rotatable bonds is 7. The summed E-state index contributed by atoms with van der Waals surface area (Å²) >= 11 is 0. The third-order valence-electron chi connectivity index (χ3n) is 3.04. The molecule has 0 unspecified atom stereocenters. The highest BCUT2D eigenvalue weighted by molar-refractivity contribution is 7.90. The molecule has 0 spiro atoms. The Kier molecular flexibility index (Phi) is 5.70. The van der Waals surface area contributed by atoms with Gasteiger partial charge in [0.25, 0.3) is 0 Å². The zero-order valence-electron chi connectivity index (χ0n) is 12.8. The van der Waals surface area contributed by atoms with Crippen molar-refractivity contribution in [1.29, 1.82) is 0 Å². The van der Waals surface area contributed by atoms with Gasteiger partial charge in [-0.2, -0.15) is 5.10 Å². The lowest BCUT2D eigenvalue weighted by Crippen LogP contribution is -2.23. The Balaban J connectivity index is 1.83. The van der Waals surface area contributed by atoms with E-state index in [9.17, 15) is 13.2 Å². The molecule has 1 N–H and O–H groups in total. The van der Waals surface area contributed by atoms with Crippen LogP contribution in [0, 0.1) is 0 Å². The summed E-state index contributed by atoms with van der Waals surface area (Å²) in [6.07, 6.45) is 8.15. The lowest BCUT2D eigenvalue weighted by molar-refractivity contribution is -0.116. The van der Waals surface area contributed by atoms with E-state index in [1.54, 1.807) is 17.0 Å². The average molecular weight is 333 g/mol. The molecule has 6 nitrogen and oxygen atoms in total. The molecule has 1 heterocycles. The first-order chi connectivity index (χ1) is 10.9. The number of para-hydroxylation sites is 1. The van der Waals surface area contributed by atoms with Crippen LogP contribution in [0.4, 0.5) is 0 Å². The van der Waals surface area contributed by atoms with Crippen LogP contribution in [-0.2, 0) is 14.6 Å². The van der Waals surface area contributed by atoms with Crippen molar-refractivity contribution in [3.05, 3.63) is 54.4 Å². The van der Waals surface area contributed by atoms with Crippen LogP contribution in [0.5, 0.6) is 0 Å². The molecule has 2 rings (SSSR count). The number of nitrogens with one attached hydrogen (secondary N) is 1. The summed E-state index contributed by atoms with van der Waals surface area (Å²) in [7, 11) is -2.98. The minimum Gasteiger partial charge on any atom is -0.353 e. The number of aromatic nitrogens is 2. The molecule has 0 aliphatic rings. The first-order valence-corrected chi connectivity index (χ1v) is 9.24. The van der Waals surface area contributed by atoms with Crippen molar-refractivity contribution < 1.29 is 13.2 Å². The summed E-state index contributed by atoms with van der Waals surface area (Å²) in [6, 6.07) is 9.67. The lowest BCUT2D eigenvalue weighted by atomic mass is 10.3. The van der Waals surface area contributed by atoms with E-state index in [0.29, 0.717) is 13.0 Å². The van der Waals surface area contributed by atoms with Crippen LogP contribution >= 0.6 is 0 Å². The van der Waals surface area contributed by atoms with Crippen molar-refractivity contribution in [3.63, 3.8) is 0 Å². The van der Waals surface area contributed by atoms with E-state index in [2.05, 4.69) is 10.4 Å².